The molecule has 4 nitrogen and oxygen atoms in total. The molecule has 0 atom stereocenters. The van der Waals surface area contributed by atoms with E-state index in [1.165, 1.54) is 0 Å². The van der Waals surface area contributed by atoms with Crippen LogP contribution in [0.1, 0.15) is 22.3 Å². The van der Waals surface area contributed by atoms with Gasteiger partial charge >= 0.3 is 0 Å². The minimum Gasteiger partial charge on any atom is -0.508 e. The lowest BCUT2D eigenvalue weighted by atomic mass is 9.70. The van der Waals surface area contributed by atoms with Gasteiger partial charge in [0, 0.05) is 15.7 Å². The van der Waals surface area contributed by atoms with Gasteiger partial charge in [-0.15, -0.1) is 0 Å². The molecule has 0 radical (unpaired) electrons. The Morgan fingerprint density at radius 3 is 1.85 bits per heavy atom. The lowest BCUT2D eigenvalue weighted by Crippen LogP contribution is -2.36. The molecule has 0 aliphatic carbocycles. The normalized spacial score (nSPS) is 14.8. The molecule has 3 N–H and O–H groups in total. The van der Waals surface area contributed by atoms with Crippen molar-refractivity contribution in [2.75, 3.05) is 5.32 Å². The number of phenols is 2. The number of hydrogen-bond donors (Lipinski definition) is 3. The van der Waals surface area contributed by atoms with Crippen molar-refractivity contribution in [3.8, 4) is 11.5 Å². The number of rotatable bonds is 2. The number of fused-ring (bicyclic) bond motifs is 1. The Morgan fingerprint density at radius 1 is 0.846 bits per heavy atom. The highest BCUT2D eigenvalue weighted by Gasteiger charge is 2.50. The number of benzene rings is 3. The summed E-state index contributed by atoms with van der Waals surface area (Å²) < 4.78 is 0.920. The van der Waals surface area contributed by atoms with Crippen molar-refractivity contribution in [3.05, 3.63) is 87.4 Å². The van der Waals surface area contributed by atoms with Crippen molar-refractivity contribution in [1.29, 1.82) is 0 Å². The molecule has 0 fully saturated rings. The lowest BCUT2D eigenvalue weighted by molar-refractivity contribution is -0.118. The number of carbonyl (C=O) groups is 1. The zero-order chi connectivity index (χ0) is 18.5. The molecule has 4 rings (SSSR count). The summed E-state index contributed by atoms with van der Waals surface area (Å²) in [5.74, 6) is 0.116. The van der Waals surface area contributed by atoms with E-state index in [1.807, 2.05) is 19.1 Å². The van der Waals surface area contributed by atoms with Crippen molar-refractivity contribution < 1.29 is 15.0 Å². The van der Waals surface area contributed by atoms with Gasteiger partial charge in [0.1, 0.15) is 16.9 Å². The first kappa shape index (κ1) is 16.7. The molecule has 3 aromatic carbocycles. The quantitative estimate of drug-likeness (QED) is 0.585. The number of carbonyl (C=O) groups excluding carboxylic acids is 1. The molecule has 1 heterocycles. The number of hydrogen-bond acceptors (Lipinski definition) is 3. The largest absolute Gasteiger partial charge is 0.508 e. The summed E-state index contributed by atoms with van der Waals surface area (Å²) in [4.78, 5) is 13.3. The van der Waals surface area contributed by atoms with Crippen molar-refractivity contribution in [3.63, 3.8) is 0 Å². The van der Waals surface area contributed by atoms with E-state index in [2.05, 4.69) is 21.2 Å². The van der Waals surface area contributed by atoms with Crippen LogP contribution >= 0.6 is 15.9 Å². The summed E-state index contributed by atoms with van der Waals surface area (Å²) >= 11 is 3.52. The Kier molecular flexibility index (Phi) is 3.77. The van der Waals surface area contributed by atoms with Gasteiger partial charge in [-0.05, 0) is 53.9 Å². The molecule has 0 saturated carbocycles. The predicted molar refractivity (Wildman–Crippen MR) is 104 cm³/mol. The monoisotopic (exact) mass is 409 g/mol. The fraction of sp³-hybridized carbons (Fsp3) is 0.0952. The fourth-order valence-corrected chi connectivity index (χ4v) is 3.98. The van der Waals surface area contributed by atoms with Crippen LogP contribution in [0.25, 0.3) is 0 Å². The van der Waals surface area contributed by atoms with Gasteiger partial charge in [-0.25, -0.2) is 0 Å². The summed E-state index contributed by atoms with van der Waals surface area (Å²) in [6.07, 6.45) is 0. The van der Waals surface area contributed by atoms with E-state index in [-0.39, 0.29) is 17.4 Å². The molecule has 1 amide bonds. The third-order valence-corrected chi connectivity index (χ3v) is 5.84. The highest BCUT2D eigenvalue weighted by atomic mass is 79.9. The second-order valence-corrected chi connectivity index (χ2v) is 7.25. The molecule has 1 aliphatic rings. The van der Waals surface area contributed by atoms with Crippen molar-refractivity contribution in [2.45, 2.75) is 12.3 Å². The first-order valence-electron chi connectivity index (χ1n) is 8.14. The highest BCUT2D eigenvalue weighted by molar-refractivity contribution is 9.10. The minimum atomic E-state index is -1.05. The van der Waals surface area contributed by atoms with Gasteiger partial charge in [-0.3, -0.25) is 4.79 Å². The third-order valence-electron chi connectivity index (χ3n) is 4.98. The molecule has 3 aromatic rings. The third kappa shape index (κ3) is 2.24. The summed E-state index contributed by atoms with van der Waals surface area (Å²) in [5, 5.41) is 22.4. The van der Waals surface area contributed by atoms with Gasteiger partial charge < -0.3 is 15.5 Å². The molecule has 26 heavy (non-hydrogen) atoms. The van der Waals surface area contributed by atoms with Gasteiger partial charge in [0.2, 0.25) is 5.91 Å². The maximum absolute atomic E-state index is 13.3. The number of anilines is 1. The van der Waals surface area contributed by atoms with E-state index < -0.39 is 5.41 Å². The summed E-state index contributed by atoms with van der Waals surface area (Å²) in [6, 6.07) is 17.2. The Balaban J connectivity index is 2.08. The van der Waals surface area contributed by atoms with Crippen LogP contribution in [0.5, 0.6) is 11.5 Å². The smallest absolute Gasteiger partial charge is 0.244 e. The SMILES string of the molecule is Cc1c(Br)ccc2c1NC(=O)C2(c1ccc(O)cc1)c1ccc(O)cc1. The number of nitrogens with one attached hydrogen (secondary N) is 1. The van der Waals surface area contributed by atoms with Gasteiger partial charge in [-0.1, -0.05) is 46.3 Å². The Hall–Kier alpha value is -2.79. The number of amides is 1. The maximum Gasteiger partial charge on any atom is 0.244 e. The number of phenolic OH excluding ortho intramolecular Hbond substituents is 2. The van der Waals surface area contributed by atoms with E-state index in [4.69, 9.17) is 0 Å². The van der Waals surface area contributed by atoms with Crippen LogP contribution in [-0.4, -0.2) is 16.1 Å². The fourth-order valence-electron chi connectivity index (χ4n) is 3.65. The van der Waals surface area contributed by atoms with Crippen LogP contribution in [0.4, 0.5) is 5.69 Å². The summed E-state index contributed by atoms with van der Waals surface area (Å²) in [6.45, 7) is 1.95. The summed E-state index contributed by atoms with van der Waals surface area (Å²) in [5.41, 5.74) is 3.03. The summed E-state index contributed by atoms with van der Waals surface area (Å²) in [7, 11) is 0. The van der Waals surface area contributed by atoms with E-state index in [9.17, 15) is 15.0 Å². The topological polar surface area (TPSA) is 69.6 Å². The van der Waals surface area contributed by atoms with Crippen LogP contribution in [-0.2, 0) is 10.2 Å². The van der Waals surface area contributed by atoms with E-state index in [0.717, 1.165) is 32.4 Å². The van der Waals surface area contributed by atoms with Crippen LogP contribution in [0.2, 0.25) is 0 Å². The Labute approximate surface area is 159 Å². The molecular formula is C21H16BrNO3. The average Bonchev–Trinajstić information content (AvgIpc) is 2.93. The second-order valence-electron chi connectivity index (χ2n) is 6.39. The van der Waals surface area contributed by atoms with Crippen molar-refractivity contribution >= 4 is 27.5 Å². The first-order chi connectivity index (χ1) is 12.4. The first-order valence-corrected chi connectivity index (χ1v) is 8.94. The zero-order valence-corrected chi connectivity index (χ0v) is 15.5. The van der Waals surface area contributed by atoms with Crippen LogP contribution in [0.15, 0.2) is 65.1 Å². The van der Waals surface area contributed by atoms with Gasteiger partial charge in [0.25, 0.3) is 0 Å². The standard InChI is InChI=1S/C21H16BrNO3/c1-12-18(22)11-10-17-19(12)23-20(26)21(17,13-2-6-15(24)7-3-13)14-4-8-16(25)9-5-14/h2-11,24-25H,1H3,(H,23,26). The lowest BCUT2D eigenvalue weighted by Gasteiger charge is -2.29. The van der Waals surface area contributed by atoms with Crippen LogP contribution in [0, 0.1) is 6.92 Å². The molecule has 1 aliphatic heterocycles. The number of halogens is 1. The average molecular weight is 410 g/mol. The van der Waals surface area contributed by atoms with Gasteiger partial charge in [0.05, 0.1) is 0 Å². The number of aromatic hydroxyl groups is 2. The molecule has 0 aromatic heterocycles. The Bertz CT molecular complexity index is 965. The van der Waals surface area contributed by atoms with Crippen molar-refractivity contribution in [2.24, 2.45) is 0 Å². The molecule has 0 bridgehead atoms. The van der Waals surface area contributed by atoms with Gasteiger partial charge in [0.15, 0.2) is 0 Å². The predicted octanol–water partition coefficient (Wildman–Crippen LogP) is 4.46. The van der Waals surface area contributed by atoms with E-state index in [1.54, 1.807) is 48.5 Å². The van der Waals surface area contributed by atoms with Crippen LogP contribution in [0.3, 0.4) is 0 Å². The van der Waals surface area contributed by atoms with Crippen LogP contribution < -0.4 is 5.32 Å². The second kappa shape index (κ2) is 5.88. The van der Waals surface area contributed by atoms with Gasteiger partial charge in [-0.2, -0.15) is 0 Å². The maximum atomic E-state index is 13.3. The molecule has 0 spiro atoms. The minimum absolute atomic E-state index is 0.139. The van der Waals surface area contributed by atoms with E-state index in [0.29, 0.717) is 0 Å². The molecule has 0 saturated heterocycles. The highest BCUT2D eigenvalue weighted by Crippen LogP contribution is 2.50. The Morgan fingerprint density at radius 2 is 1.35 bits per heavy atom. The molecule has 0 unspecified atom stereocenters. The van der Waals surface area contributed by atoms with Crippen molar-refractivity contribution in [1.82, 2.24) is 0 Å². The molecular weight excluding hydrogens is 394 g/mol. The zero-order valence-electron chi connectivity index (χ0n) is 14.0. The van der Waals surface area contributed by atoms with E-state index >= 15 is 0 Å². The molecule has 5 heteroatoms. The molecule has 130 valence electrons.